The molecule has 0 aromatic heterocycles. The number of hydrogen-bond donors (Lipinski definition) is 1. The molecule has 0 aliphatic carbocycles. The van der Waals surface area contributed by atoms with Crippen molar-refractivity contribution in [1.82, 2.24) is 4.90 Å². The minimum atomic E-state index is -0.107. The SMILES string of the molecule is Cc1cc(NC(=O)CCN2CCSC2=O)ccc1N1CCCC1=O. The number of amides is 3. The molecule has 0 unspecified atom stereocenters. The Balaban J connectivity index is 1.57. The molecule has 0 radical (unpaired) electrons. The Labute approximate surface area is 145 Å². The summed E-state index contributed by atoms with van der Waals surface area (Å²) in [6.07, 6.45) is 1.79. The molecule has 0 bridgehead atoms. The summed E-state index contributed by atoms with van der Waals surface area (Å²) in [4.78, 5) is 38.9. The van der Waals surface area contributed by atoms with E-state index in [9.17, 15) is 14.4 Å². The van der Waals surface area contributed by atoms with Gasteiger partial charge >= 0.3 is 0 Å². The van der Waals surface area contributed by atoms with Gasteiger partial charge in [0, 0.05) is 49.6 Å². The third-order valence-corrected chi connectivity index (χ3v) is 5.19. The van der Waals surface area contributed by atoms with E-state index in [2.05, 4.69) is 5.32 Å². The van der Waals surface area contributed by atoms with E-state index in [0.717, 1.165) is 35.7 Å². The molecule has 1 N–H and O–H groups in total. The van der Waals surface area contributed by atoms with Crippen LogP contribution in [0, 0.1) is 6.92 Å². The summed E-state index contributed by atoms with van der Waals surface area (Å²) >= 11 is 1.30. The van der Waals surface area contributed by atoms with Gasteiger partial charge in [-0.05, 0) is 37.1 Å². The lowest BCUT2D eigenvalue weighted by Gasteiger charge is -2.19. The monoisotopic (exact) mass is 347 g/mol. The maximum absolute atomic E-state index is 12.1. The molecule has 6 nitrogen and oxygen atoms in total. The zero-order valence-electron chi connectivity index (χ0n) is 13.7. The van der Waals surface area contributed by atoms with Gasteiger partial charge in [0.05, 0.1) is 0 Å². The Kier molecular flexibility index (Phi) is 5.08. The van der Waals surface area contributed by atoms with Crippen molar-refractivity contribution < 1.29 is 14.4 Å². The first kappa shape index (κ1) is 16.8. The van der Waals surface area contributed by atoms with Crippen molar-refractivity contribution in [1.29, 1.82) is 0 Å². The van der Waals surface area contributed by atoms with Crippen LogP contribution in [0.3, 0.4) is 0 Å². The van der Waals surface area contributed by atoms with Crippen molar-refractivity contribution >= 4 is 40.2 Å². The molecular weight excluding hydrogens is 326 g/mol. The summed E-state index contributed by atoms with van der Waals surface area (Å²) in [6, 6.07) is 5.59. The van der Waals surface area contributed by atoms with Gasteiger partial charge in [0.1, 0.15) is 0 Å². The molecule has 0 atom stereocenters. The lowest BCUT2D eigenvalue weighted by atomic mass is 10.1. The lowest BCUT2D eigenvalue weighted by molar-refractivity contribution is -0.117. The number of carbonyl (C=O) groups is 3. The van der Waals surface area contributed by atoms with Crippen molar-refractivity contribution in [2.24, 2.45) is 0 Å². The highest BCUT2D eigenvalue weighted by Gasteiger charge is 2.23. The number of hydrogen-bond acceptors (Lipinski definition) is 4. The molecule has 7 heteroatoms. The number of anilines is 2. The summed E-state index contributed by atoms with van der Waals surface area (Å²) in [5.74, 6) is 0.850. The number of thioether (sulfide) groups is 1. The van der Waals surface area contributed by atoms with Crippen molar-refractivity contribution in [2.75, 3.05) is 35.6 Å². The van der Waals surface area contributed by atoms with Crippen LogP contribution >= 0.6 is 11.8 Å². The second-order valence-corrected chi connectivity index (χ2v) is 7.10. The van der Waals surface area contributed by atoms with Crippen molar-refractivity contribution in [3.8, 4) is 0 Å². The first-order valence-electron chi connectivity index (χ1n) is 8.17. The average Bonchev–Trinajstić information content (AvgIpc) is 3.14. The number of aryl methyl sites for hydroxylation is 1. The summed E-state index contributed by atoms with van der Waals surface area (Å²) in [7, 11) is 0. The zero-order valence-corrected chi connectivity index (χ0v) is 14.5. The predicted molar refractivity (Wildman–Crippen MR) is 95.4 cm³/mol. The van der Waals surface area contributed by atoms with Gasteiger partial charge < -0.3 is 15.1 Å². The molecule has 24 heavy (non-hydrogen) atoms. The van der Waals surface area contributed by atoms with Crippen LogP contribution in [0.5, 0.6) is 0 Å². The quantitative estimate of drug-likeness (QED) is 0.889. The van der Waals surface area contributed by atoms with E-state index in [1.54, 1.807) is 9.80 Å². The number of nitrogens with one attached hydrogen (secondary N) is 1. The molecule has 2 aliphatic rings. The van der Waals surface area contributed by atoms with Crippen LogP contribution in [0.15, 0.2) is 18.2 Å². The fraction of sp³-hybridized carbons (Fsp3) is 0.471. The van der Waals surface area contributed by atoms with Gasteiger partial charge in [0.15, 0.2) is 0 Å². The minimum Gasteiger partial charge on any atom is -0.332 e. The van der Waals surface area contributed by atoms with E-state index in [1.165, 1.54) is 11.8 Å². The molecule has 2 heterocycles. The fourth-order valence-electron chi connectivity index (χ4n) is 3.03. The molecule has 1 aromatic carbocycles. The Hall–Kier alpha value is -2.02. The van der Waals surface area contributed by atoms with Gasteiger partial charge in [0.2, 0.25) is 11.8 Å². The molecule has 0 saturated carbocycles. The van der Waals surface area contributed by atoms with Crippen molar-refractivity contribution in [3.63, 3.8) is 0 Å². The number of nitrogens with zero attached hydrogens (tertiary/aromatic N) is 2. The zero-order chi connectivity index (χ0) is 17.1. The summed E-state index contributed by atoms with van der Waals surface area (Å²) < 4.78 is 0. The highest BCUT2D eigenvalue weighted by Crippen LogP contribution is 2.27. The van der Waals surface area contributed by atoms with Gasteiger partial charge in [-0.3, -0.25) is 14.4 Å². The summed E-state index contributed by atoms with van der Waals surface area (Å²) in [5, 5.41) is 2.92. The molecule has 2 aliphatic heterocycles. The topological polar surface area (TPSA) is 69.7 Å². The van der Waals surface area contributed by atoms with Crippen LogP contribution in [0.25, 0.3) is 0 Å². The van der Waals surface area contributed by atoms with Crippen LogP contribution < -0.4 is 10.2 Å². The van der Waals surface area contributed by atoms with Crippen molar-refractivity contribution in [2.45, 2.75) is 26.2 Å². The van der Waals surface area contributed by atoms with Gasteiger partial charge in [-0.15, -0.1) is 0 Å². The van der Waals surface area contributed by atoms with Crippen LogP contribution in [0.2, 0.25) is 0 Å². The highest BCUT2D eigenvalue weighted by molar-refractivity contribution is 8.13. The van der Waals surface area contributed by atoms with Gasteiger partial charge in [-0.25, -0.2) is 0 Å². The third kappa shape index (κ3) is 3.72. The van der Waals surface area contributed by atoms with Crippen LogP contribution in [-0.2, 0) is 9.59 Å². The Bertz CT molecular complexity index is 677. The van der Waals surface area contributed by atoms with Crippen LogP contribution in [-0.4, -0.2) is 47.3 Å². The molecular formula is C17H21N3O3S. The third-order valence-electron chi connectivity index (χ3n) is 4.30. The molecule has 2 saturated heterocycles. The number of rotatable bonds is 5. The molecule has 3 amide bonds. The van der Waals surface area contributed by atoms with Gasteiger partial charge in [-0.1, -0.05) is 11.8 Å². The number of benzene rings is 1. The second kappa shape index (κ2) is 7.25. The maximum Gasteiger partial charge on any atom is 0.281 e. The fourth-order valence-corrected chi connectivity index (χ4v) is 3.88. The first-order chi connectivity index (χ1) is 11.5. The normalized spacial score (nSPS) is 17.7. The van der Waals surface area contributed by atoms with Gasteiger partial charge in [-0.2, -0.15) is 0 Å². The first-order valence-corrected chi connectivity index (χ1v) is 9.16. The van der Waals surface area contributed by atoms with Crippen LogP contribution in [0.1, 0.15) is 24.8 Å². The Morgan fingerprint density at radius 1 is 1.29 bits per heavy atom. The van der Waals surface area contributed by atoms with Gasteiger partial charge in [0.25, 0.3) is 5.24 Å². The van der Waals surface area contributed by atoms with E-state index in [4.69, 9.17) is 0 Å². The van der Waals surface area contributed by atoms with E-state index in [-0.39, 0.29) is 23.5 Å². The summed E-state index contributed by atoms with van der Waals surface area (Å²) in [6.45, 7) is 3.87. The van der Waals surface area contributed by atoms with E-state index in [1.807, 2.05) is 25.1 Å². The second-order valence-electron chi connectivity index (χ2n) is 6.05. The Morgan fingerprint density at radius 3 is 2.75 bits per heavy atom. The minimum absolute atomic E-state index is 0.0540. The molecule has 0 spiro atoms. The van der Waals surface area contributed by atoms with Crippen LogP contribution in [0.4, 0.5) is 16.2 Å². The van der Waals surface area contributed by atoms with E-state index < -0.39 is 0 Å². The Morgan fingerprint density at radius 2 is 2.12 bits per heavy atom. The van der Waals surface area contributed by atoms with E-state index >= 15 is 0 Å². The number of carbonyl (C=O) groups excluding carboxylic acids is 3. The highest BCUT2D eigenvalue weighted by atomic mass is 32.2. The molecule has 3 rings (SSSR count). The van der Waals surface area contributed by atoms with Crippen molar-refractivity contribution in [3.05, 3.63) is 23.8 Å². The average molecular weight is 347 g/mol. The smallest absolute Gasteiger partial charge is 0.281 e. The maximum atomic E-state index is 12.1. The predicted octanol–water partition coefficient (Wildman–Crippen LogP) is 2.62. The lowest BCUT2D eigenvalue weighted by Crippen LogP contribution is -2.27. The van der Waals surface area contributed by atoms with E-state index in [0.29, 0.717) is 19.5 Å². The largest absolute Gasteiger partial charge is 0.332 e. The molecule has 2 fully saturated rings. The molecule has 1 aromatic rings. The molecule has 128 valence electrons. The summed E-state index contributed by atoms with van der Waals surface area (Å²) in [5.41, 5.74) is 2.60. The standard InChI is InChI=1S/C17H21N3O3S/c1-12-11-13(4-5-14(12)20-7-2-3-16(20)22)18-15(21)6-8-19-9-10-24-17(19)23/h4-5,11H,2-3,6-10H2,1H3,(H,18,21).